The Morgan fingerprint density at radius 2 is 2.31 bits per heavy atom. The van der Waals surface area contributed by atoms with E-state index < -0.39 is 0 Å². The van der Waals surface area contributed by atoms with Crippen LogP contribution in [0, 0.1) is 5.92 Å². The van der Waals surface area contributed by atoms with Gasteiger partial charge in [0.2, 0.25) is 0 Å². The second kappa shape index (κ2) is 4.26. The van der Waals surface area contributed by atoms with Crippen LogP contribution in [-0.4, -0.2) is 21.3 Å². The van der Waals surface area contributed by atoms with E-state index in [0.717, 1.165) is 31.0 Å². The van der Waals surface area contributed by atoms with Gasteiger partial charge in [-0.15, -0.1) is 0 Å². The summed E-state index contributed by atoms with van der Waals surface area (Å²) in [5.74, 6) is 0.884. The van der Waals surface area contributed by atoms with Crippen LogP contribution in [0.5, 0.6) is 0 Å². The maximum absolute atomic E-state index is 4.49. The third kappa shape index (κ3) is 2.04. The molecule has 2 aliphatic rings. The predicted octanol–water partition coefficient (Wildman–Crippen LogP) is 2.26. The van der Waals surface area contributed by atoms with E-state index in [4.69, 9.17) is 0 Å². The molecule has 1 saturated carbocycles. The molecule has 2 heterocycles. The van der Waals surface area contributed by atoms with Crippen molar-refractivity contribution in [1.82, 2.24) is 14.1 Å². The summed E-state index contributed by atoms with van der Waals surface area (Å²) in [6.07, 6.45) is 7.33. The minimum atomic E-state index is 0.426. The van der Waals surface area contributed by atoms with Crippen LogP contribution in [0.3, 0.4) is 0 Å². The van der Waals surface area contributed by atoms with Crippen LogP contribution >= 0.6 is 11.7 Å². The van der Waals surface area contributed by atoms with Crippen LogP contribution in [-0.2, 0) is 6.42 Å². The number of aromatic nitrogens is 2. The van der Waals surface area contributed by atoms with Gasteiger partial charge in [0, 0.05) is 6.04 Å². The molecule has 1 atom stereocenters. The van der Waals surface area contributed by atoms with Gasteiger partial charge in [0.05, 0.1) is 17.4 Å². The minimum absolute atomic E-state index is 0.426. The Balaban J connectivity index is 1.86. The first-order chi connectivity index (χ1) is 7.84. The molecule has 1 aromatic rings. The Bertz CT molecular complexity index is 406. The molecule has 1 aliphatic carbocycles. The van der Waals surface area contributed by atoms with E-state index in [1.165, 1.54) is 35.8 Å². The summed E-state index contributed by atoms with van der Waals surface area (Å²) >= 11 is 1.36. The summed E-state index contributed by atoms with van der Waals surface area (Å²) in [7, 11) is 0. The number of hydrogen-bond acceptors (Lipinski definition) is 4. The average molecular weight is 235 g/mol. The first kappa shape index (κ1) is 10.4. The summed E-state index contributed by atoms with van der Waals surface area (Å²) in [4.78, 5) is 0. The highest BCUT2D eigenvalue weighted by Gasteiger charge is 2.26. The average Bonchev–Trinajstić information content (AvgIpc) is 2.97. The number of rotatable bonds is 3. The molecule has 1 N–H and O–H groups in total. The fourth-order valence-electron chi connectivity index (χ4n) is 2.27. The van der Waals surface area contributed by atoms with Crippen LogP contribution in [0.25, 0.3) is 5.57 Å². The van der Waals surface area contributed by atoms with Gasteiger partial charge in [-0.25, -0.2) is 0 Å². The standard InChI is InChI=1S/C12H17N3S/c1-8-10(3-2-6-13-8)12-11(14-16-15-12)7-9-4-5-9/h3,8-9,13H,2,4-7H2,1H3. The second-order valence-electron chi connectivity index (χ2n) is 4.83. The Kier molecular flexibility index (Phi) is 2.77. The Labute approximate surface area is 100 Å². The Morgan fingerprint density at radius 1 is 1.44 bits per heavy atom. The first-order valence-corrected chi connectivity index (χ1v) is 6.83. The monoisotopic (exact) mass is 235 g/mol. The summed E-state index contributed by atoms with van der Waals surface area (Å²) in [5, 5.41) is 3.49. The number of hydrogen-bond donors (Lipinski definition) is 1. The minimum Gasteiger partial charge on any atom is -0.310 e. The second-order valence-corrected chi connectivity index (χ2v) is 5.36. The lowest BCUT2D eigenvalue weighted by Crippen LogP contribution is -2.31. The molecule has 1 unspecified atom stereocenters. The molecule has 1 fully saturated rings. The van der Waals surface area contributed by atoms with Gasteiger partial charge in [0.15, 0.2) is 0 Å². The van der Waals surface area contributed by atoms with E-state index >= 15 is 0 Å². The van der Waals surface area contributed by atoms with Gasteiger partial charge < -0.3 is 5.32 Å². The van der Waals surface area contributed by atoms with Crippen molar-refractivity contribution in [2.24, 2.45) is 5.92 Å². The molecular weight excluding hydrogens is 218 g/mol. The molecule has 0 aromatic carbocycles. The van der Waals surface area contributed by atoms with Crippen molar-refractivity contribution >= 4 is 17.3 Å². The molecular formula is C12H17N3S. The molecule has 16 heavy (non-hydrogen) atoms. The van der Waals surface area contributed by atoms with Crippen molar-refractivity contribution in [3.63, 3.8) is 0 Å². The molecule has 1 aliphatic heterocycles. The Hall–Kier alpha value is -0.740. The highest BCUT2D eigenvalue weighted by molar-refractivity contribution is 6.99. The van der Waals surface area contributed by atoms with Crippen LogP contribution in [0.2, 0.25) is 0 Å². The molecule has 0 amide bonds. The van der Waals surface area contributed by atoms with Gasteiger partial charge in [-0.2, -0.15) is 8.75 Å². The fourth-order valence-corrected chi connectivity index (χ4v) is 2.86. The van der Waals surface area contributed by atoms with Crippen molar-refractivity contribution in [2.75, 3.05) is 6.54 Å². The molecule has 1 aromatic heterocycles. The zero-order chi connectivity index (χ0) is 11.0. The first-order valence-electron chi connectivity index (χ1n) is 6.10. The van der Waals surface area contributed by atoms with Crippen molar-refractivity contribution < 1.29 is 0 Å². The van der Waals surface area contributed by atoms with Gasteiger partial charge in [0.25, 0.3) is 0 Å². The summed E-state index contributed by atoms with van der Waals surface area (Å²) in [6.45, 7) is 3.30. The fraction of sp³-hybridized carbons (Fsp3) is 0.667. The van der Waals surface area contributed by atoms with E-state index in [2.05, 4.69) is 27.1 Å². The normalized spacial score (nSPS) is 25.6. The lowest BCUT2D eigenvalue weighted by atomic mass is 9.97. The highest BCUT2D eigenvalue weighted by Crippen LogP contribution is 2.34. The van der Waals surface area contributed by atoms with Crippen LogP contribution < -0.4 is 5.32 Å². The molecule has 3 nitrogen and oxygen atoms in total. The van der Waals surface area contributed by atoms with Crippen molar-refractivity contribution in [3.8, 4) is 0 Å². The lowest BCUT2D eigenvalue weighted by molar-refractivity contribution is 0.624. The molecule has 0 saturated heterocycles. The van der Waals surface area contributed by atoms with Crippen molar-refractivity contribution in [1.29, 1.82) is 0 Å². The zero-order valence-electron chi connectivity index (χ0n) is 9.57. The van der Waals surface area contributed by atoms with Gasteiger partial charge in [0.1, 0.15) is 5.69 Å². The number of nitrogens with one attached hydrogen (secondary N) is 1. The predicted molar refractivity (Wildman–Crippen MR) is 66.4 cm³/mol. The van der Waals surface area contributed by atoms with Crippen molar-refractivity contribution in [3.05, 3.63) is 17.5 Å². The number of nitrogens with zero attached hydrogens (tertiary/aromatic N) is 2. The third-order valence-electron chi connectivity index (χ3n) is 3.43. The van der Waals surface area contributed by atoms with Crippen LogP contribution in [0.1, 0.15) is 37.6 Å². The molecule has 0 radical (unpaired) electrons. The molecule has 0 spiro atoms. The quantitative estimate of drug-likeness (QED) is 0.873. The van der Waals surface area contributed by atoms with E-state index in [1.807, 2.05) is 0 Å². The van der Waals surface area contributed by atoms with Crippen LogP contribution in [0.15, 0.2) is 6.08 Å². The molecule has 0 bridgehead atoms. The SMILES string of the molecule is CC1NCCC=C1c1nsnc1CC1CC1. The topological polar surface area (TPSA) is 37.8 Å². The highest BCUT2D eigenvalue weighted by atomic mass is 32.1. The van der Waals surface area contributed by atoms with Gasteiger partial charge in [-0.05, 0) is 50.6 Å². The van der Waals surface area contributed by atoms with E-state index in [-0.39, 0.29) is 0 Å². The largest absolute Gasteiger partial charge is 0.310 e. The molecule has 4 heteroatoms. The Morgan fingerprint density at radius 3 is 3.06 bits per heavy atom. The van der Waals surface area contributed by atoms with Gasteiger partial charge in [-0.1, -0.05) is 6.08 Å². The summed E-state index contributed by atoms with van der Waals surface area (Å²) in [6, 6.07) is 0.426. The van der Waals surface area contributed by atoms with Gasteiger partial charge in [-0.3, -0.25) is 0 Å². The van der Waals surface area contributed by atoms with Gasteiger partial charge >= 0.3 is 0 Å². The maximum Gasteiger partial charge on any atom is 0.105 e. The van der Waals surface area contributed by atoms with E-state index in [1.54, 1.807) is 0 Å². The maximum atomic E-state index is 4.49. The summed E-state index contributed by atoms with van der Waals surface area (Å²) in [5.41, 5.74) is 3.75. The molecule has 86 valence electrons. The summed E-state index contributed by atoms with van der Waals surface area (Å²) < 4.78 is 8.96. The lowest BCUT2D eigenvalue weighted by Gasteiger charge is -2.21. The van der Waals surface area contributed by atoms with Crippen LogP contribution in [0.4, 0.5) is 0 Å². The smallest absolute Gasteiger partial charge is 0.105 e. The third-order valence-corrected chi connectivity index (χ3v) is 4.00. The zero-order valence-corrected chi connectivity index (χ0v) is 10.4. The molecule has 3 rings (SSSR count). The van der Waals surface area contributed by atoms with E-state index in [9.17, 15) is 0 Å². The van der Waals surface area contributed by atoms with E-state index in [0.29, 0.717) is 6.04 Å². The van der Waals surface area contributed by atoms with Crippen molar-refractivity contribution in [2.45, 2.75) is 38.6 Å².